The Morgan fingerprint density at radius 3 is 2.73 bits per heavy atom. The molecule has 0 amide bonds. The monoisotopic (exact) mass is 349 g/mol. The number of ether oxygens (including phenoxy) is 1. The predicted octanol–water partition coefficient (Wildman–Crippen LogP) is 3.52. The van der Waals surface area contributed by atoms with Crippen molar-refractivity contribution in [2.45, 2.75) is 6.42 Å². The summed E-state index contributed by atoms with van der Waals surface area (Å²) in [7, 11) is 1.91. The van der Waals surface area contributed by atoms with Gasteiger partial charge in [0, 0.05) is 24.8 Å². The van der Waals surface area contributed by atoms with Crippen molar-refractivity contribution in [3.8, 4) is 6.07 Å². The van der Waals surface area contributed by atoms with Crippen LogP contribution in [0.5, 0.6) is 0 Å². The van der Waals surface area contributed by atoms with E-state index in [1.54, 1.807) is 12.1 Å². The summed E-state index contributed by atoms with van der Waals surface area (Å²) in [5.74, 6) is -0.900. The summed E-state index contributed by atoms with van der Waals surface area (Å²) in [4.78, 5) is 18.1. The Morgan fingerprint density at radius 2 is 2.04 bits per heavy atom. The third-order valence-corrected chi connectivity index (χ3v) is 3.89. The molecule has 3 rings (SSSR count). The number of aliphatic imine (C=N–C) groups is 1. The molecule has 0 bridgehead atoms. The van der Waals surface area contributed by atoms with Crippen LogP contribution in [0.15, 0.2) is 59.2 Å². The van der Waals surface area contributed by atoms with Crippen molar-refractivity contribution in [3.05, 3.63) is 71.2 Å². The number of benzene rings is 2. The van der Waals surface area contributed by atoms with Crippen LogP contribution in [0.25, 0.3) is 6.08 Å². The van der Waals surface area contributed by atoms with Crippen LogP contribution in [0.3, 0.4) is 0 Å². The average molecular weight is 349 g/mol. The number of anilines is 1. The van der Waals surface area contributed by atoms with Crippen LogP contribution in [-0.2, 0) is 9.53 Å². The number of carbonyl (C=O) groups is 1. The molecule has 0 N–H and O–H groups in total. The number of cyclic esters (lactones) is 1. The van der Waals surface area contributed by atoms with Crippen molar-refractivity contribution >= 4 is 23.6 Å². The molecule has 130 valence electrons. The first-order valence-electron chi connectivity index (χ1n) is 8.03. The van der Waals surface area contributed by atoms with Crippen molar-refractivity contribution in [2.75, 3.05) is 18.5 Å². The highest BCUT2D eigenvalue weighted by Crippen LogP contribution is 2.21. The number of carbonyl (C=O) groups excluding carboxylic acids is 1. The zero-order valence-electron chi connectivity index (χ0n) is 14.1. The quantitative estimate of drug-likeness (QED) is 0.612. The second-order valence-corrected chi connectivity index (χ2v) is 5.77. The maximum absolute atomic E-state index is 13.3. The first-order valence-corrected chi connectivity index (χ1v) is 8.03. The summed E-state index contributed by atoms with van der Waals surface area (Å²) in [5, 5.41) is 8.65. The van der Waals surface area contributed by atoms with Gasteiger partial charge in [0.2, 0.25) is 5.90 Å². The van der Waals surface area contributed by atoms with Crippen LogP contribution < -0.4 is 4.90 Å². The molecule has 5 nitrogen and oxygen atoms in total. The first kappa shape index (κ1) is 17.4. The molecule has 2 aromatic carbocycles. The van der Waals surface area contributed by atoms with Crippen LogP contribution in [0.2, 0.25) is 0 Å². The Balaban J connectivity index is 1.79. The van der Waals surface area contributed by atoms with Crippen molar-refractivity contribution in [2.24, 2.45) is 4.99 Å². The van der Waals surface area contributed by atoms with Crippen molar-refractivity contribution in [1.82, 2.24) is 0 Å². The van der Waals surface area contributed by atoms with Gasteiger partial charge in [-0.2, -0.15) is 5.26 Å². The van der Waals surface area contributed by atoms with E-state index in [4.69, 9.17) is 10.00 Å². The second-order valence-electron chi connectivity index (χ2n) is 5.77. The maximum atomic E-state index is 13.3. The molecule has 0 radical (unpaired) electrons. The molecular weight excluding hydrogens is 333 g/mol. The van der Waals surface area contributed by atoms with E-state index in [1.165, 1.54) is 18.2 Å². The first-order chi connectivity index (χ1) is 12.6. The Bertz CT molecular complexity index is 927. The van der Waals surface area contributed by atoms with Crippen molar-refractivity contribution < 1.29 is 13.9 Å². The van der Waals surface area contributed by atoms with E-state index in [9.17, 15) is 9.18 Å². The van der Waals surface area contributed by atoms with E-state index in [-0.39, 0.29) is 11.6 Å². The molecule has 1 heterocycles. The van der Waals surface area contributed by atoms with Gasteiger partial charge in [0.1, 0.15) is 5.82 Å². The number of halogens is 1. The third-order valence-electron chi connectivity index (χ3n) is 3.89. The van der Waals surface area contributed by atoms with E-state index in [1.807, 2.05) is 36.2 Å². The van der Waals surface area contributed by atoms with Gasteiger partial charge < -0.3 is 9.64 Å². The standard InChI is InChI=1S/C20H16FN3O2/c1-24(11-3-10-22)17-8-6-14(7-9-17)12-18-20(25)26-19(23-18)15-4-2-5-16(21)13-15/h2,4-9,12-13H,3,11H2,1H3/b18-12-. The molecule has 1 aliphatic rings. The zero-order chi connectivity index (χ0) is 18.5. The summed E-state index contributed by atoms with van der Waals surface area (Å²) in [6, 6.07) is 15.4. The Kier molecular flexibility index (Phi) is 5.09. The molecule has 1 aliphatic heterocycles. The Hall–Kier alpha value is -3.46. The summed E-state index contributed by atoms with van der Waals surface area (Å²) in [5.41, 5.74) is 2.34. The van der Waals surface area contributed by atoms with Gasteiger partial charge in [-0.15, -0.1) is 0 Å². The summed E-state index contributed by atoms with van der Waals surface area (Å²) < 4.78 is 18.4. The lowest BCUT2D eigenvalue weighted by Gasteiger charge is -2.17. The van der Waals surface area contributed by atoms with E-state index < -0.39 is 11.8 Å². The summed E-state index contributed by atoms with van der Waals surface area (Å²) >= 11 is 0. The van der Waals surface area contributed by atoms with Gasteiger partial charge in [0.05, 0.1) is 12.5 Å². The van der Waals surface area contributed by atoms with Gasteiger partial charge in [-0.3, -0.25) is 0 Å². The maximum Gasteiger partial charge on any atom is 0.363 e. The average Bonchev–Trinajstić information content (AvgIpc) is 3.01. The van der Waals surface area contributed by atoms with Crippen molar-refractivity contribution in [1.29, 1.82) is 5.26 Å². The lowest BCUT2D eigenvalue weighted by Crippen LogP contribution is -2.17. The smallest absolute Gasteiger partial charge is 0.363 e. The predicted molar refractivity (Wildman–Crippen MR) is 96.9 cm³/mol. The fourth-order valence-electron chi connectivity index (χ4n) is 2.48. The molecule has 6 heteroatoms. The van der Waals surface area contributed by atoms with Crippen LogP contribution >= 0.6 is 0 Å². The van der Waals surface area contributed by atoms with E-state index in [2.05, 4.69) is 11.1 Å². The van der Waals surface area contributed by atoms with Gasteiger partial charge in [-0.25, -0.2) is 14.2 Å². The Morgan fingerprint density at radius 1 is 1.27 bits per heavy atom. The van der Waals surface area contributed by atoms with Gasteiger partial charge in [-0.05, 0) is 42.0 Å². The Labute approximate surface area is 150 Å². The van der Waals surface area contributed by atoms with Crippen LogP contribution in [-0.4, -0.2) is 25.5 Å². The largest absolute Gasteiger partial charge is 0.402 e. The van der Waals surface area contributed by atoms with Crippen LogP contribution in [0, 0.1) is 17.1 Å². The van der Waals surface area contributed by atoms with E-state index in [0.29, 0.717) is 18.5 Å². The lowest BCUT2D eigenvalue weighted by atomic mass is 10.1. The van der Waals surface area contributed by atoms with E-state index >= 15 is 0 Å². The molecule has 0 aliphatic carbocycles. The molecular formula is C20H16FN3O2. The summed E-state index contributed by atoms with van der Waals surface area (Å²) in [6.07, 6.45) is 2.07. The fraction of sp³-hybridized carbons (Fsp3) is 0.150. The number of hydrogen-bond donors (Lipinski definition) is 0. The molecule has 0 saturated carbocycles. The molecule has 0 atom stereocenters. The van der Waals surface area contributed by atoms with Gasteiger partial charge >= 0.3 is 5.97 Å². The topological polar surface area (TPSA) is 65.7 Å². The highest BCUT2D eigenvalue weighted by molar-refractivity contribution is 6.12. The molecule has 0 spiro atoms. The molecule has 2 aromatic rings. The highest BCUT2D eigenvalue weighted by Gasteiger charge is 2.24. The van der Waals surface area contributed by atoms with Gasteiger partial charge in [0.15, 0.2) is 5.70 Å². The number of esters is 1. The normalized spacial score (nSPS) is 14.7. The minimum Gasteiger partial charge on any atom is -0.402 e. The third kappa shape index (κ3) is 3.95. The minimum atomic E-state index is -0.570. The van der Waals surface area contributed by atoms with E-state index in [0.717, 1.165) is 11.3 Å². The lowest BCUT2D eigenvalue weighted by molar-refractivity contribution is -0.129. The highest BCUT2D eigenvalue weighted by atomic mass is 19.1. The van der Waals surface area contributed by atoms with Crippen LogP contribution in [0.4, 0.5) is 10.1 Å². The number of hydrogen-bond acceptors (Lipinski definition) is 5. The number of nitrogens with zero attached hydrogens (tertiary/aromatic N) is 3. The molecule has 0 saturated heterocycles. The van der Waals surface area contributed by atoms with Gasteiger partial charge in [-0.1, -0.05) is 18.2 Å². The molecule has 0 fully saturated rings. The second kappa shape index (κ2) is 7.62. The van der Waals surface area contributed by atoms with Crippen LogP contribution in [0.1, 0.15) is 17.5 Å². The SMILES string of the molecule is CN(CCC#N)c1ccc(/C=C2\N=C(c3cccc(F)c3)OC2=O)cc1. The minimum absolute atomic E-state index is 0.0913. The zero-order valence-corrected chi connectivity index (χ0v) is 14.1. The molecule has 0 aromatic heterocycles. The van der Waals surface area contributed by atoms with Gasteiger partial charge in [0.25, 0.3) is 0 Å². The fourth-order valence-corrected chi connectivity index (χ4v) is 2.48. The summed E-state index contributed by atoms with van der Waals surface area (Å²) in [6.45, 7) is 0.643. The molecule has 26 heavy (non-hydrogen) atoms. The number of nitriles is 1. The number of rotatable bonds is 5. The molecule has 0 unspecified atom stereocenters. The van der Waals surface area contributed by atoms with Crippen molar-refractivity contribution in [3.63, 3.8) is 0 Å².